The van der Waals surface area contributed by atoms with Gasteiger partial charge in [0.2, 0.25) is 5.91 Å². The third kappa shape index (κ3) is 4.84. The van der Waals surface area contributed by atoms with E-state index in [9.17, 15) is 13.2 Å². The Morgan fingerprint density at radius 1 is 1.12 bits per heavy atom. The van der Waals surface area contributed by atoms with E-state index in [2.05, 4.69) is 11.6 Å². The van der Waals surface area contributed by atoms with E-state index in [1.807, 2.05) is 35.7 Å². The molecular weight excluding hydrogens is 448 g/mol. The van der Waals surface area contributed by atoms with Crippen LogP contribution < -0.4 is 14.4 Å². The second-order valence-electron chi connectivity index (χ2n) is 7.05. The fourth-order valence-electron chi connectivity index (χ4n) is 3.24. The lowest BCUT2D eigenvalue weighted by Crippen LogP contribution is -2.32. The van der Waals surface area contributed by atoms with Gasteiger partial charge in [-0.3, -0.25) is 9.69 Å². The van der Waals surface area contributed by atoms with Gasteiger partial charge in [0.05, 0.1) is 16.3 Å². The van der Waals surface area contributed by atoms with Gasteiger partial charge in [-0.05, 0) is 12.1 Å². The lowest BCUT2D eigenvalue weighted by molar-refractivity contribution is -0.118. The molecule has 0 spiro atoms. The van der Waals surface area contributed by atoms with Gasteiger partial charge in [0.15, 0.2) is 26.5 Å². The molecule has 0 saturated heterocycles. The number of ether oxygens (including phenoxy) is 2. The first kappa shape index (κ1) is 22.0. The molecule has 1 amide bonds. The second-order valence-corrected chi connectivity index (χ2v) is 9.99. The molecule has 1 aromatic heterocycles. The number of rotatable bonds is 8. The highest BCUT2D eigenvalue weighted by Crippen LogP contribution is 2.33. The van der Waals surface area contributed by atoms with Crippen LogP contribution in [0.4, 0.5) is 5.13 Å². The van der Waals surface area contributed by atoms with Crippen molar-refractivity contribution in [1.82, 2.24) is 4.98 Å². The van der Waals surface area contributed by atoms with Crippen molar-refractivity contribution in [3.8, 4) is 22.8 Å². The van der Waals surface area contributed by atoms with E-state index < -0.39 is 9.84 Å². The summed E-state index contributed by atoms with van der Waals surface area (Å²) in [5.74, 6) is 0.255. The Bertz CT molecular complexity index is 1220. The molecule has 1 aliphatic heterocycles. The standard InChI is InChI=1S/C23H22N2O5S2/c1-2-11-25(23-24-19(16-31-23)17-6-4-3-5-7-17)22(26)10-14-32(27,28)18-8-9-20-21(15-18)30-13-12-29-20/h2-9,15-16H,1,10-14H2. The van der Waals surface area contributed by atoms with Gasteiger partial charge in [0.1, 0.15) is 13.2 Å². The minimum Gasteiger partial charge on any atom is -0.486 e. The van der Waals surface area contributed by atoms with E-state index in [1.165, 1.54) is 28.4 Å². The minimum atomic E-state index is -3.68. The number of fused-ring (bicyclic) bond motifs is 1. The predicted octanol–water partition coefficient (Wildman–Crippen LogP) is 3.96. The lowest BCUT2D eigenvalue weighted by Gasteiger charge is -2.19. The van der Waals surface area contributed by atoms with Gasteiger partial charge < -0.3 is 9.47 Å². The van der Waals surface area contributed by atoms with Crippen molar-refractivity contribution in [3.05, 3.63) is 66.6 Å². The molecule has 1 aliphatic rings. The summed E-state index contributed by atoms with van der Waals surface area (Å²) in [5.41, 5.74) is 1.71. The molecule has 0 atom stereocenters. The Morgan fingerprint density at radius 2 is 1.88 bits per heavy atom. The first-order chi connectivity index (χ1) is 15.5. The number of nitrogens with zero attached hydrogens (tertiary/aromatic N) is 2. The summed E-state index contributed by atoms with van der Waals surface area (Å²) in [4.78, 5) is 19.1. The van der Waals surface area contributed by atoms with Crippen LogP contribution >= 0.6 is 11.3 Å². The Hall–Kier alpha value is -3.17. The fraction of sp³-hybridized carbons (Fsp3) is 0.217. The number of thiazole rings is 1. The highest BCUT2D eigenvalue weighted by atomic mass is 32.2. The van der Waals surface area contributed by atoms with Crippen molar-refractivity contribution in [3.63, 3.8) is 0 Å². The average molecular weight is 471 g/mol. The molecule has 0 bridgehead atoms. The van der Waals surface area contributed by atoms with Crippen LogP contribution in [0.2, 0.25) is 0 Å². The summed E-state index contributed by atoms with van der Waals surface area (Å²) in [6.07, 6.45) is 1.42. The molecule has 166 valence electrons. The predicted molar refractivity (Wildman–Crippen MR) is 124 cm³/mol. The Labute approximate surface area is 190 Å². The van der Waals surface area contributed by atoms with Gasteiger partial charge in [-0.25, -0.2) is 13.4 Å². The summed E-state index contributed by atoms with van der Waals surface area (Å²) >= 11 is 1.33. The Balaban J connectivity index is 1.47. The van der Waals surface area contributed by atoms with E-state index >= 15 is 0 Å². The maximum atomic E-state index is 12.9. The number of aromatic nitrogens is 1. The molecule has 7 nitrogen and oxygen atoms in total. The maximum Gasteiger partial charge on any atom is 0.230 e. The van der Waals surface area contributed by atoms with E-state index in [-0.39, 0.29) is 29.5 Å². The zero-order valence-electron chi connectivity index (χ0n) is 17.3. The van der Waals surface area contributed by atoms with Crippen molar-refractivity contribution >= 4 is 32.2 Å². The quantitative estimate of drug-likeness (QED) is 0.463. The SMILES string of the molecule is C=CCN(C(=O)CCS(=O)(=O)c1ccc2c(c1)OCCO2)c1nc(-c2ccccc2)cs1. The van der Waals surface area contributed by atoms with E-state index in [0.29, 0.717) is 29.8 Å². The van der Waals surface area contributed by atoms with Crippen molar-refractivity contribution in [2.45, 2.75) is 11.3 Å². The molecule has 4 rings (SSSR count). The molecule has 0 radical (unpaired) electrons. The maximum absolute atomic E-state index is 12.9. The number of carbonyl (C=O) groups excluding carboxylic acids is 1. The topological polar surface area (TPSA) is 85.8 Å². The number of anilines is 1. The third-order valence-corrected chi connectivity index (χ3v) is 7.44. The number of hydrogen-bond acceptors (Lipinski definition) is 7. The lowest BCUT2D eigenvalue weighted by atomic mass is 10.2. The summed E-state index contributed by atoms with van der Waals surface area (Å²) < 4.78 is 36.6. The van der Waals surface area contributed by atoms with Crippen LogP contribution in [0.3, 0.4) is 0 Å². The molecule has 0 saturated carbocycles. The molecule has 0 N–H and O–H groups in total. The summed E-state index contributed by atoms with van der Waals surface area (Å²) in [7, 11) is -3.68. The summed E-state index contributed by atoms with van der Waals surface area (Å²) in [6, 6.07) is 14.1. The number of amides is 1. The van der Waals surface area contributed by atoms with Crippen molar-refractivity contribution in [1.29, 1.82) is 0 Å². The minimum absolute atomic E-state index is 0.102. The molecule has 9 heteroatoms. The van der Waals surface area contributed by atoms with E-state index in [1.54, 1.807) is 12.1 Å². The molecule has 0 unspecified atom stereocenters. The molecule has 2 aromatic carbocycles. The Kier molecular flexibility index (Phi) is 6.57. The highest BCUT2D eigenvalue weighted by Gasteiger charge is 2.24. The van der Waals surface area contributed by atoms with Gasteiger partial charge in [0, 0.05) is 30.0 Å². The summed E-state index contributed by atoms with van der Waals surface area (Å²) in [5, 5.41) is 2.38. The monoisotopic (exact) mass is 470 g/mol. The largest absolute Gasteiger partial charge is 0.486 e. The zero-order chi connectivity index (χ0) is 22.6. The number of carbonyl (C=O) groups is 1. The highest BCUT2D eigenvalue weighted by molar-refractivity contribution is 7.91. The molecule has 0 aliphatic carbocycles. The van der Waals surface area contributed by atoms with E-state index in [0.717, 1.165) is 11.3 Å². The van der Waals surface area contributed by atoms with Crippen molar-refractivity contribution < 1.29 is 22.7 Å². The van der Waals surface area contributed by atoms with Crippen LogP contribution in [0.25, 0.3) is 11.3 Å². The fourth-order valence-corrected chi connectivity index (χ4v) is 5.34. The van der Waals surface area contributed by atoms with Crippen LogP contribution in [0.5, 0.6) is 11.5 Å². The second kappa shape index (κ2) is 9.54. The van der Waals surface area contributed by atoms with Crippen LogP contribution in [-0.4, -0.2) is 44.8 Å². The smallest absolute Gasteiger partial charge is 0.230 e. The molecule has 0 fully saturated rings. The van der Waals surface area contributed by atoms with Crippen LogP contribution in [0, 0.1) is 0 Å². The first-order valence-corrected chi connectivity index (χ1v) is 12.6. The third-order valence-electron chi connectivity index (χ3n) is 4.86. The normalized spacial score (nSPS) is 12.9. The molecule has 2 heterocycles. The van der Waals surface area contributed by atoms with Gasteiger partial charge in [-0.1, -0.05) is 36.4 Å². The van der Waals surface area contributed by atoms with Crippen molar-refractivity contribution in [2.24, 2.45) is 0 Å². The van der Waals surface area contributed by atoms with Gasteiger partial charge in [0.25, 0.3) is 0 Å². The number of hydrogen-bond donors (Lipinski definition) is 0. The number of benzene rings is 2. The van der Waals surface area contributed by atoms with Crippen molar-refractivity contribution in [2.75, 3.05) is 30.4 Å². The van der Waals surface area contributed by atoms with Gasteiger partial charge in [-0.2, -0.15) is 0 Å². The van der Waals surface area contributed by atoms with E-state index in [4.69, 9.17) is 9.47 Å². The van der Waals surface area contributed by atoms with Crippen LogP contribution in [0.1, 0.15) is 6.42 Å². The first-order valence-electron chi connectivity index (χ1n) is 10.0. The molecule has 32 heavy (non-hydrogen) atoms. The molecule has 3 aromatic rings. The molecular formula is C23H22N2O5S2. The average Bonchev–Trinajstić information content (AvgIpc) is 3.31. The van der Waals surface area contributed by atoms with Crippen LogP contribution in [0.15, 0.2) is 71.5 Å². The zero-order valence-corrected chi connectivity index (χ0v) is 18.9. The van der Waals surface area contributed by atoms with Gasteiger partial charge >= 0.3 is 0 Å². The summed E-state index contributed by atoms with van der Waals surface area (Å²) in [6.45, 7) is 4.74. The Morgan fingerprint density at radius 3 is 2.62 bits per heavy atom. The van der Waals surface area contributed by atoms with Gasteiger partial charge in [-0.15, -0.1) is 17.9 Å². The number of sulfone groups is 1. The van der Waals surface area contributed by atoms with Crippen LogP contribution in [-0.2, 0) is 14.6 Å².